The molecule has 1 amide bonds. The number of amides is 1. The molecule has 0 radical (unpaired) electrons. The van der Waals surface area contributed by atoms with E-state index in [1.165, 1.54) is 24.3 Å². The average Bonchev–Trinajstić information content (AvgIpc) is 3.07. The lowest BCUT2D eigenvalue weighted by atomic mass is 9.93. The second kappa shape index (κ2) is 7.02. The first-order valence-corrected chi connectivity index (χ1v) is 8.16. The number of nitrogens with one attached hydrogen (secondary N) is 1. The van der Waals surface area contributed by atoms with Crippen LogP contribution >= 0.6 is 0 Å². The Bertz CT molecular complexity index is 832. The quantitative estimate of drug-likeness (QED) is 0.850. The molecule has 1 aliphatic heterocycles. The predicted molar refractivity (Wildman–Crippen MR) is 91.0 cm³/mol. The molecule has 1 aliphatic rings. The highest BCUT2D eigenvalue weighted by Gasteiger charge is 2.29. The van der Waals surface area contributed by atoms with Crippen molar-refractivity contribution >= 4 is 5.91 Å². The van der Waals surface area contributed by atoms with Gasteiger partial charge in [-0.1, -0.05) is 6.07 Å². The minimum atomic E-state index is -4.41. The summed E-state index contributed by atoms with van der Waals surface area (Å²) in [6.07, 6.45) is -4.41. The Morgan fingerprint density at radius 3 is 2.41 bits per heavy atom. The minimum Gasteiger partial charge on any atom is -0.484 e. The fourth-order valence-corrected chi connectivity index (χ4v) is 2.58. The normalized spacial score (nSPS) is 13.4. The van der Waals surface area contributed by atoms with E-state index in [0.29, 0.717) is 17.1 Å². The molecule has 5 nitrogen and oxygen atoms in total. The van der Waals surface area contributed by atoms with Gasteiger partial charge in [-0.3, -0.25) is 4.79 Å². The molecule has 8 heteroatoms. The Balaban J connectivity index is 1.67. The molecule has 3 rings (SSSR count). The third-order valence-electron chi connectivity index (χ3n) is 4.04. The maximum absolute atomic E-state index is 12.5. The van der Waals surface area contributed by atoms with Crippen LogP contribution in [0.4, 0.5) is 13.2 Å². The molecule has 0 spiro atoms. The third-order valence-corrected chi connectivity index (χ3v) is 4.04. The molecule has 2 aromatic carbocycles. The Hall–Kier alpha value is -2.90. The summed E-state index contributed by atoms with van der Waals surface area (Å²) in [5.74, 6) is 0.940. The van der Waals surface area contributed by atoms with Crippen molar-refractivity contribution in [3.8, 4) is 17.2 Å². The first-order chi connectivity index (χ1) is 12.6. The number of halogens is 3. The van der Waals surface area contributed by atoms with Crippen LogP contribution in [0.5, 0.6) is 17.2 Å². The molecule has 1 N–H and O–H groups in total. The lowest BCUT2D eigenvalue weighted by molar-refractivity contribution is -0.153. The van der Waals surface area contributed by atoms with Gasteiger partial charge in [0, 0.05) is 5.56 Å². The van der Waals surface area contributed by atoms with E-state index in [0.717, 1.165) is 5.56 Å². The van der Waals surface area contributed by atoms with Crippen molar-refractivity contribution in [3.05, 3.63) is 53.6 Å². The molecule has 0 fully saturated rings. The van der Waals surface area contributed by atoms with Gasteiger partial charge in [-0.15, -0.1) is 0 Å². The van der Waals surface area contributed by atoms with E-state index in [2.05, 4.69) is 10.1 Å². The van der Waals surface area contributed by atoms with Crippen molar-refractivity contribution in [2.24, 2.45) is 0 Å². The monoisotopic (exact) mass is 381 g/mol. The maximum atomic E-state index is 12.5. The van der Waals surface area contributed by atoms with Crippen molar-refractivity contribution in [2.75, 3.05) is 13.4 Å². The van der Waals surface area contributed by atoms with Crippen LogP contribution in [-0.2, 0) is 5.54 Å². The minimum absolute atomic E-state index is 0.0407. The second-order valence-electron chi connectivity index (χ2n) is 6.58. The third kappa shape index (κ3) is 4.64. The van der Waals surface area contributed by atoms with E-state index >= 15 is 0 Å². The molecule has 0 bridgehead atoms. The number of carbonyl (C=O) groups is 1. The molecule has 2 aromatic rings. The van der Waals surface area contributed by atoms with Gasteiger partial charge in [0.25, 0.3) is 5.91 Å². The summed E-state index contributed by atoms with van der Waals surface area (Å²) in [6.45, 7) is 2.45. The lowest BCUT2D eigenvalue weighted by Gasteiger charge is -2.27. The van der Waals surface area contributed by atoms with Crippen LogP contribution in [0.15, 0.2) is 42.5 Å². The van der Waals surface area contributed by atoms with Gasteiger partial charge in [0.05, 0.1) is 5.54 Å². The van der Waals surface area contributed by atoms with Crippen LogP contribution in [0.1, 0.15) is 29.8 Å². The molecule has 0 atom stereocenters. The van der Waals surface area contributed by atoms with Crippen LogP contribution in [0.25, 0.3) is 0 Å². The van der Waals surface area contributed by atoms with E-state index in [-0.39, 0.29) is 18.4 Å². The predicted octanol–water partition coefficient (Wildman–Crippen LogP) is 4.02. The molecule has 1 heterocycles. The first-order valence-electron chi connectivity index (χ1n) is 8.16. The van der Waals surface area contributed by atoms with Gasteiger partial charge in [0.2, 0.25) is 6.79 Å². The van der Waals surface area contributed by atoms with Gasteiger partial charge >= 0.3 is 6.18 Å². The zero-order chi connectivity index (χ0) is 19.7. The van der Waals surface area contributed by atoms with E-state index in [1.807, 2.05) is 19.9 Å². The fourth-order valence-electron chi connectivity index (χ4n) is 2.58. The highest BCUT2D eigenvalue weighted by molar-refractivity contribution is 5.94. The Morgan fingerprint density at radius 2 is 1.74 bits per heavy atom. The van der Waals surface area contributed by atoms with Crippen LogP contribution in [-0.4, -0.2) is 25.5 Å². The Morgan fingerprint density at radius 1 is 1.07 bits per heavy atom. The largest absolute Gasteiger partial charge is 0.484 e. The number of hydrogen-bond acceptors (Lipinski definition) is 4. The molecule has 0 aliphatic carbocycles. The van der Waals surface area contributed by atoms with Gasteiger partial charge in [-0.05, 0) is 55.8 Å². The molecule has 27 heavy (non-hydrogen) atoms. The number of ether oxygens (including phenoxy) is 3. The zero-order valence-corrected chi connectivity index (χ0v) is 14.7. The van der Waals surface area contributed by atoms with E-state index in [9.17, 15) is 18.0 Å². The van der Waals surface area contributed by atoms with Gasteiger partial charge in [0.15, 0.2) is 18.1 Å². The highest BCUT2D eigenvalue weighted by Crippen LogP contribution is 2.35. The van der Waals surface area contributed by atoms with Gasteiger partial charge in [-0.2, -0.15) is 13.2 Å². The van der Waals surface area contributed by atoms with Crippen LogP contribution in [0.2, 0.25) is 0 Å². The van der Waals surface area contributed by atoms with Gasteiger partial charge in [-0.25, -0.2) is 0 Å². The molecule has 0 unspecified atom stereocenters. The second-order valence-corrected chi connectivity index (χ2v) is 6.58. The van der Waals surface area contributed by atoms with Gasteiger partial charge in [0.1, 0.15) is 5.75 Å². The number of hydrogen-bond donors (Lipinski definition) is 1. The molecule has 144 valence electrons. The SMILES string of the molecule is CC(C)(NC(=O)c1ccc(OCC(F)(F)F)cc1)c1ccc2c(c1)OCO2. The number of fused-ring (bicyclic) bond motifs is 1. The van der Waals surface area contributed by atoms with E-state index < -0.39 is 18.3 Å². The molecule has 0 saturated carbocycles. The van der Waals surface area contributed by atoms with E-state index in [4.69, 9.17) is 9.47 Å². The molecular weight excluding hydrogens is 363 g/mol. The zero-order valence-electron chi connectivity index (χ0n) is 14.7. The van der Waals surface area contributed by atoms with Crippen molar-refractivity contribution in [1.82, 2.24) is 5.32 Å². The van der Waals surface area contributed by atoms with Crippen LogP contribution in [0, 0.1) is 0 Å². The topological polar surface area (TPSA) is 56.8 Å². The van der Waals surface area contributed by atoms with Crippen molar-refractivity contribution < 1.29 is 32.2 Å². The fraction of sp³-hybridized carbons (Fsp3) is 0.316. The summed E-state index contributed by atoms with van der Waals surface area (Å²) < 4.78 is 51.8. The number of rotatable bonds is 5. The molecular formula is C19H18F3NO4. The van der Waals surface area contributed by atoms with Crippen molar-refractivity contribution in [3.63, 3.8) is 0 Å². The summed E-state index contributed by atoms with van der Waals surface area (Å²) in [6, 6.07) is 10.9. The molecule has 0 aromatic heterocycles. The van der Waals surface area contributed by atoms with Crippen molar-refractivity contribution in [1.29, 1.82) is 0 Å². The van der Waals surface area contributed by atoms with Crippen LogP contribution in [0.3, 0.4) is 0 Å². The van der Waals surface area contributed by atoms with Crippen LogP contribution < -0.4 is 19.5 Å². The highest BCUT2D eigenvalue weighted by atomic mass is 19.4. The number of benzene rings is 2. The Labute approximate surface area is 154 Å². The van der Waals surface area contributed by atoms with Gasteiger partial charge < -0.3 is 19.5 Å². The smallest absolute Gasteiger partial charge is 0.422 e. The maximum Gasteiger partial charge on any atom is 0.422 e. The summed E-state index contributed by atoms with van der Waals surface area (Å²) in [4.78, 5) is 12.5. The first kappa shape index (κ1) is 18.9. The summed E-state index contributed by atoms with van der Waals surface area (Å²) >= 11 is 0. The summed E-state index contributed by atoms with van der Waals surface area (Å²) in [5.41, 5.74) is 0.428. The van der Waals surface area contributed by atoms with E-state index in [1.54, 1.807) is 12.1 Å². The Kier molecular flexibility index (Phi) is 4.91. The average molecular weight is 381 g/mol. The standard InChI is InChI=1S/C19H18F3NO4/c1-18(2,13-5-8-15-16(9-13)27-11-26-15)23-17(24)12-3-6-14(7-4-12)25-10-19(20,21)22/h3-9H,10-11H2,1-2H3,(H,23,24). The number of carbonyl (C=O) groups excluding carboxylic acids is 1. The summed E-state index contributed by atoms with van der Waals surface area (Å²) in [7, 11) is 0. The van der Waals surface area contributed by atoms with Crippen molar-refractivity contribution in [2.45, 2.75) is 25.6 Å². The summed E-state index contributed by atoms with van der Waals surface area (Å²) in [5, 5.41) is 2.90. The molecule has 0 saturated heterocycles. The lowest BCUT2D eigenvalue weighted by Crippen LogP contribution is -2.40. The number of alkyl halides is 3.